The van der Waals surface area contributed by atoms with Gasteiger partial charge in [-0.3, -0.25) is 9.79 Å². The van der Waals surface area contributed by atoms with Gasteiger partial charge in [-0.2, -0.15) is 0 Å². The molecule has 0 atom stereocenters. The van der Waals surface area contributed by atoms with Crippen molar-refractivity contribution in [2.75, 3.05) is 18.4 Å². The number of nitrogens with zero attached hydrogens (tertiary/aromatic N) is 1. The monoisotopic (exact) mass is 448 g/mol. The lowest BCUT2D eigenvalue weighted by molar-refractivity contribution is -0.128. The zero-order valence-electron chi connectivity index (χ0n) is 15.1. The molecular weight excluding hydrogens is 419 g/mol. The molecule has 0 radical (unpaired) electrons. The summed E-state index contributed by atoms with van der Waals surface area (Å²) >= 11 is 0. The van der Waals surface area contributed by atoms with Crippen molar-refractivity contribution in [3.05, 3.63) is 24.3 Å². The smallest absolute Gasteiger partial charge is 0.225 e. The van der Waals surface area contributed by atoms with Gasteiger partial charge in [-0.15, -0.1) is 24.0 Å². The number of ether oxygens (including phenoxy) is 1. The number of benzene rings is 1. The Balaban J connectivity index is 0.00000529. The summed E-state index contributed by atoms with van der Waals surface area (Å²) in [5, 5.41) is 5.82. The third kappa shape index (κ3) is 8.95. The lowest BCUT2D eigenvalue weighted by Crippen LogP contribution is -2.36. The summed E-state index contributed by atoms with van der Waals surface area (Å²) in [6.07, 6.45) is 0.142. The molecule has 0 fully saturated rings. The highest BCUT2D eigenvalue weighted by Crippen LogP contribution is 2.16. The van der Waals surface area contributed by atoms with Crippen LogP contribution >= 0.6 is 24.0 Å². The van der Waals surface area contributed by atoms with Gasteiger partial charge in [0.2, 0.25) is 5.91 Å². The van der Waals surface area contributed by atoms with E-state index in [9.17, 15) is 4.79 Å². The molecule has 1 rings (SSSR count). The molecule has 7 heteroatoms. The fraction of sp³-hybridized carbons (Fsp3) is 0.529. The Kier molecular flexibility index (Phi) is 9.72. The van der Waals surface area contributed by atoms with Crippen LogP contribution in [-0.4, -0.2) is 31.1 Å². The molecule has 6 nitrogen and oxygen atoms in total. The molecule has 0 bridgehead atoms. The number of hydrogen-bond donors (Lipinski definition) is 3. The van der Waals surface area contributed by atoms with Gasteiger partial charge in [0.1, 0.15) is 5.75 Å². The SMILES string of the molecule is CC(C)Oc1ccc(NC(N)=NCCNC(=O)C(C)(C)C)cc1.I. The van der Waals surface area contributed by atoms with Gasteiger partial charge in [-0.25, -0.2) is 0 Å². The summed E-state index contributed by atoms with van der Waals surface area (Å²) in [7, 11) is 0. The van der Waals surface area contributed by atoms with Gasteiger partial charge in [-0.05, 0) is 38.1 Å². The van der Waals surface area contributed by atoms with Crippen molar-refractivity contribution in [3.63, 3.8) is 0 Å². The molecule has 0 heterocycles. The molecule has 1 aromatic rings. The molecule has 0 aliphatic rings. The first-order valence-electron chi connectivity index (χ1n) is 7.80. The lowest BCUT2D eigenvalue weighted by atomic mass is 9.96. The largest absolute Gasteiger partial charge is 0.491 e. The van der Waals surface area contributed by atoms with E-state index < -0.39 is 5.41 Å². The van der Waals surface area contributed by atoms with E-state index in [1.165, 1.54) is 0 Å². The molecular formula is C17H29IN4O2. The molecule has 0 aliphatic heterocycles. The lowest BCUT2D eigenvalue weighted by Gasteiger charge is -2.17. The number of amides is 1. The summed E-state index contributed by atoms with van der Waals surface area (Å²) in [5.74, 6) is 1.12. The zero-order chi connectivity index (χ0) is 17.5. The average molecular weight is 448 g/mol. The van der Waals surface area contributed by atoms with Crippen LogP contribution in [0, 0.1) is 5.41 Å². The number of guanidine groups is 1. The van der Waals surface area contributed by atoms with Crippen LogP contribution in [-0.2, 0) is 4.79 Å². The Morgan fingerprint density at radius 2 is 1.83 bits per heavy atom. The van der Waals surface area contributed by atoms with Gasteiger partial charge < -0.3 is 21.1 Å². The van der Waals surface area contributed by atoms with E-state index in [2.05, 4.69) is 15.6 Å². The van der Waals surface area contributed by atoms with Crippen molar-refractivity contribution in [1.29, 1.82) is 0 Å². The number of nitrogens with two attached hydrogens (primary N) is 1. The van der Waals surface area contributed by atoms with Crippen LogP contribution in [0.1, 0.15) is 34.6 Å². The first-order valence-corrected chi connectivity index (χ1v) is 7.80. The fourth-order valence-electron chi connectivity index (χ4n) is 1.69. The van der Waals surface area contributed by atoms with Gasteiger partial charge in [0.25, 0.3) is 0 Å². The number of rotatable bonds is 6. The highest BCUT2D eigenvalue weighted by Gasteiger charge is 2.20. The number of halogens is 1. The zero-order valence-corrected chi connectivity index (χ0v) is 17.4. The summed E-state index contributed by atoms with van der Waals surface area (Å²) in [6, 6.07) is 7.50. The maximum absolute atomic E-state index is 11.7. The van der Waals surface area contributed by atoms with Crippen molar-refractivity contribution in [1.82, 2.24) is 5.32 Å². The topological polar surface area (TPSA) is 88.7 Å². The van der Waals surface area contributed by atoms with E-state index in [-0.39, 0.29) is 36.0 Å². The normalized spacial score (nSPS) is 11.7. The molecule has 1 aromatic carbocycles. The van der Waals surface area contributed by atoms with Gasteiger partial charge in [0, 0.05) is 17.6 Å². The molecule has 0 saturated heterocycles. The van der Waals surface area contributed by atoms with Gasteiger partial charge in [-0.1, -0.05) is 20.8 Å². The molecule has 0 saturated carbocycles. The number of carbonyl (C=O) groups is 1. The number of anilines is 1. The average Bonchev–Trinajstić information content (AvgIpc) is 2.44. The molecule has 0 spiro atoms. The molecule has 4 N–H and O–H groups in total. The fourth-order valence-corrected chi connectivity index (χ4v) is 1.69. The van der Waals surface area contributed by atoms with Crippen LogP contribution in [0.4, 0.5) is 5.69 Å². The Bertz CT molecular complexity index is 537. The summed E-state index contributed by atoms with van der Waals surface area (Å²) in [6.45, 7) is 10.5. The van der Waals surface area contributed by atoms with E-state index in [4.69, 9.17) is 10.5 Å². The predicted molar refractivity (Wildman–Crippen MR) is 110 cm³/mol. The number of nitrogens with one attached hydrogen (secondary N) is 2. The second-order valence-electron chi connectivity index (χ2n) is 6.59. The second kappa shape index (κ2) is 10.4. The number of hydrogen-bond acceptors (Lipinski definition) is 3. The van der Waals surface area contributed by atoms with Crippen LogP contribution in [0.2, 0.25) is 0 Å². The summed E-state index contributed by atoms with van der Waals surface area (Å²) in [4.78, 5) is 15.9. The first-order chi connectivity index (χ1) is 10.7. The van der Waals surface area contributed by atoms with Crippen LogP contribution in [0.25, 0.3) is 0 Å². The molecule has 1 amide bonds. The third-order valence-electron chi connectivity index (χ3n) is 2.86. The highest BCUT2D eigenvalue weighted by atomic mass is 127. The quantitative estimate of drug-likeness (QED) is 0.270. The number of carbonyl (C=O) groups excluding carboxylic acids is 1. The van der Waals surface area contributed by atoms with Gasteiger partial charge >= 0.3 is 0 Å². The number of aliphatic imine (C=N–C) groups is 1. The van der Waals surface area contributed by atoms with E-state index in [0.29, 0.717) is 19.0 Å². The third-order valence-corrected chi connectivity index (χ3v) is 2.86. The van der Waals surface area contributed by atoms with Gasteiger partial charge in [0.15, 0.2) is 5.96 Å². The summed E-state index contributed by atoms with van der Waals surface area (Å²) < 4.78 is 5.57. The van der Waals surface area contributed by atoms with Crippen LogP contribution < -0.4 is 21.1 Å². The van der Waals surface area contributed by atoms with E-state index in [1.807, 2.05) is 58.9 Å². The first kappa shape index (κ1) is 22.5. The summed E-state index contributed by atoms with van der Waals surface area (Å²) in [5.41, 5.74) is 6.26. The standard InChI is InChI=1S/C17H28N4O2.HI/c1-12(2)23-14-8-6-13(7-9-14)21-16(18)20-11-10-19-15(22)17(3,4)5;/h6-9,12H,10-11H2,1-5H3,(H,19,22)(H3,18,20,21);1H. The molecule has 0 aliphatic carbocycles. The Morgan fingerprint density at radius 1 is 1.25 bits per heavy atom. The van der Waals surface area contributed by atoms with Gasteiger partial charge in [0.05, 0.1) is 12.6 Å². The Hall–Kier alpha value is -1.51. The van der Waals surface area contributed by atoms with Crippen molar-refractivity contribution < 1.29 is 9.53 Å². The minimum Gasteiger partial charge on any atom is -0.491 e. The second-order valence-corrected chi connectivity index (χ2v) is 6.59. The Morgan fingerprint density at radius 3 is 2.33 bits per heavy atom. The maximum atomic E-state index is 11.7. The van der Waals surface area contributed by atoms with E-state index >= 15 is 0 Å². The van der Waals surface area contributed by atoms with Crippen molar-refractivity contribution in [3.8, 4) is 5.75 Å². The van der Waals surface area contributed by atoms with Crippen LogP contribution in [0.5, 0.6) is 5.75 Å². The van der Waals surface area contributed by atoms with Crippen molar-refractivity contribution >= 4 is 41.5 Å². The van der Waals surface area contributed by atoms with E-state index in [1.54, 1.807) is 0 Å². The minimum atomic E-state index is -0.396. The Labute approximate surface area is 161 Å². The minimum absolute atomic E-state index is 0. The maximum Gasteiger partial charge on any atom is 0.225 e. The highest BCUT2D eigenvalue weighted by molar-refractivity contribution is 14.0. The molecule has 0 unspecified atom stereocenters. The molecule has 24 heavy (non-hydrogen) atoms. The molecule has 0 aromatic heterocycles. The van der Waals surface area contributed by atoms with Crippen molar-refractivity contribution in [2.45, 2.75) is 40.7 Å². The molecule has 136 valence electrons. The predicted octanol–water partition coefficient (Wildman–Crippen LogP) is 2.98. The van der Waals surface area contributed by atoms with Crippen molar-refractivity contribution in [2.24, 2.45) is 16.1 Å². The van der Waals surface area contributed by atoms with E-state index in [0.717, 1.165) is 11.4 Å². The van der Waals surface area contributed by atoms with Crippen LogP contribution in [0.3, 0.4) is 0 Å². The van der Waals surface area contributed by atoms with Crippen LogP contribution in [0.15, 0.2) is 29.3 Å².